The van der Waals surface area contributed by atoms with Gasteiger partial charge in [-0.1, -0.05) is 62.2 Å². The number of carbonyl (C=O) groups is 1. The number of esters is 1. The zero-order valence-electron chi connectivity index (χ0n) is 20.7. The van der Waals surface area contributed by atoms with Crippen molar-refractivity contribution in [1.29, 1.82) is 0 Å². The van der Waals surface area contributed by atoms with Crippen molar-refractivity contribution in [2.45, 2.75) is 96.1 Å². The van der Waals surface area contributed by atoms with E-state index < -0.39 is 0 Å². The number of ether oxygens (including phenoxy) is 2. The summed E-state index contributed by atoms with van der Waals surface area (Å²) in [5.41, 5.74) is 2.92. The molecule has 1 saturated heterocycles. The summed E-state index contributed by atoms with van der Waals surface area (Å²) in [6, 6.07) is 11.5. The third-order valence-electron chi connectivity index (χ3n) is 7.29. The zero-order chi connectivity index (χ0) is 23.9. The Labute approximate surface area is 204 Å². The van der Waals surface area contributed by atoms with Crippen LogP contribution in [0.3, 0.4) is 0 Å². The van der Waals surface area contributed by atoms with Gasteiger partial charge in [-0.2, -0.15) is 0 Å². The number of benzene rings is 1. The Morgan fingerprint density at radius 1 is 1.24 bits per heavy atom. The third kappa shape index (κ3) is 5.90. The molecule has 184 valence electrons. The Kier molecular flexibility index (Phi) is 8.44. The molecule has 0 unspecified atom stereocenters. The van der Waals surface area contributed by atoms with Crippen molar-refractivity contribution in [2.75, 3.05) is 6.61 Å². The topological polar surface area (TPSA) is 62.6 Å². The number of nitrogens with one attached hydrogen (secondary N) is 2. The Morgan fingerprint density at radius 2 is 2.06 bits per heavy atom. The lowest BCUT2D eigenvalue weighted by Crippen LogP contribution is -2.59. The third-order valence-corrected chi connectivity index (χ3v) is 7.29. The minimum Gasteiger partial charge on any atom is -0.458 e. The van der Waals surface area contributed by atoms with Gasteiger partial charge in [0.05, 0.1) is 30.5 Å². The molecular formula is C28H40N3O3+. The van der Waals surface area contributed by atoms with Crippen molar-refractivity contribution >= 4 is 11.9 Å². The van der Waals surface area contributed by atoms with Crippen LogP contribution in [-0.4, -0.2) is 47.3 Å². The van der Waals surface area contributed by atoms with Gasteiger partial charge in [-0.3, -0.25) is 9.89 Å². The predicted octanol–water partition coefficient (Wildman–Crippen LogP) is 4.41. The van der Waals surface area contributed by atoms with E-state index in [1.807, 2.05) is 13.0 Å². The van der Waals surface area contributed by atoms with Gasteiger partial charge in [0.25, 0.3) is 0 Å². The van der Waals surface area contributed by atoms with Crippen LogP contribution in [0.25, 0.3) is 0 Å². The molecule has 0 aliphatic carbocycles. The van der Waals surface area contributed by atoms with Gasteiger partial charge in [-0.15, -0.1) is 0 Å². The Bertz CT molecular complexity index is 924. The summed E-state index contributed by atoms with van der Waals surface area (Å²) in [5, 5.41) is 7.20. The molecule has 6 heteroatoms. The van der Waals surface area contributed by atoms with Crippen molar-refractivity contribution in [1.82, 2.24) is 10.6 Å². The van der Waals surface area contributed by atoms with Crippen molar-refractivity contribution in [3.05, 3.63) is 59.8 Å². The fourth-order valence-electron chi connectivity index (χ4n) is 5.57. The maximum atomic E-state index is 12.6. The van der Waals surface area contributed by atoms with E-state index in [0.717, 1.165) is 42.9 Å². The number of nitrogens with zero attached hydrogens (tertiary/aromatic N) is 1. The van der Waals surface area contributed by atoms with Crippen LogP contribution < -0.4 is 10.6 Å². The van der Waals surface area contributed by atoms with Gasteiger partial charge >= 0.3 is 11.9 Å². The summed E-state index contributed by atoms with van der Waals surface area (Å²) in [6.07, 6.45) is 11.1. The maximum absolute atomic E-state index is 12.6. The Hall–Kier alpha value is -2.60. The van der Waals surface area contributed by atoms with E-state index in [4.69, 9.17) is 9.47 Å². The highest BCUT2D eigenvalue weighted by Gasteiger charge is 2.48. The molecule has 4 atom stereocenters. The summed E-state index contributed by atoms with van der Waals surface area (Å²) < 4.78 is 13.8. The van der Waals surface area contributed by atoms with Gasteiger partial charge in [0.2, 0.25) is 0 Å². The van der Waals surface area contributed by atoms with Gasteiger partial charge in [-0.05, 0) is 45.1 Å². The predicted molar refractivity (Wildman–Crippen MR) is 134 cm³/mol. The molecular weight excluding hydrogens is 426 g/mol. The highest BCUT2D eigenvalue weighted by Crippen LogP contribution is 2.34. The lowest BCUT2D eigenvalue weighted by Gasteiger charge is -2.33. The van der Waals surface area contributed by atoms with Crippen LogP contribution in [0.4, 0.5) is 0 Å². The number of guanidine groups is 1. The summed E-state index contributed by atoms with van der Waals surface area (Å²) >= 11 is 0. The van der Waals surface area contributed by atoms with E-state index in [-0.39, 0.29) is 18.6 Å². The molecule has 4 rings (SSSR count). The second-order valence-corrected chi connectivity index (χ2v) is 9.88. The van der Waals surface area contributed by atoms with Crippen LogP contribution in [0.5, 0.6) is 0 Å². The molecule has 2 N–H and O–H groups in total. The van der Waals surface area contributed by atoms with E-state index in [9.17, 15) is 4.79 Å². The first-order valence-corrected chi connectivity index (χ1v) is 12.9. The number of carbonyl (C=O) groups excluding carboxylic acids is 1. The first-order chi connectivity index (χ1) is 16.6. The first kappa shape index (κ1) is 24.5. The molecule has 3 aliphatic rings. The Morgan fingerprint density at radius 3 is 2.85 bits per heavy atom. The number of allylic oxidation sites excluding steroid dienone is 1. The summed E-state index contributed by atoms with van der Waals surface area (Å²) in [5.74, 6) is 0.850. The Balaban J connectivity index is 1.19. The molecule has 0 bridgehead atoms. The second kappa shape index (κ2) is 11.7. The SMILES string of the molecule is C=CCOC(=O)C1=C(C)NC2=[N+]3[C@@H](CC[C@@H]13)C[C@@H](CCCCC[C@@H](C)OCc1ccccc1)N2. The minimum atomic E-state index is -0.223. The molecule has 1 fully saturated rings. The van der Waals surface area contributed by atoms with Gasteiger partial charge in [0.1, 0.15) is 18.2 Å². The summed E-state index contributed by atoms with van der Waals surface area (Å²) in [7, 11) is 0. The van der Waals surface area contributed by atoms with Gasteiger partial charge in [0, 0.05) is 6.42 Å². The fraction of sp³-hybridized carbons (Fsp3) is 0.571. The normalized spacial score (nSPS) is 24.2. The van der Waals surface area contributed by atoms with Gasteiger partial charge < -0.3 is 9.47 Å². The number of hydrogen-bond donors (Lipinski definition) is 2. The molecule has 6 nitrogen and oxygen atoms in total. The lowest BCUT2D eigenvalue weighted by molar-refractivity contribution is -0.580. The smallest absolute Gasteiger partial charge is 0.351 e. The van der Waals surface area contributed by atoms with E-state index >= 15 is 0 Å². The molecule has 0 amide bonds. The van der Waals surface area contributed by atoms with E-state index in [1.165, 1.54) is 31.2 Å². The molecule has 3 heterocycles. The molecule has 0 saturated carbocycles. The van der Waals surface area contributed by atoms with E-state index in [2.05, 4.69) is 53.0 Å². The fourth-order valence-corrected chi connectivity index (χ4v) is 5.57. The highest BCUT2D eigenvalue weighted by molar-refractivity contribution is 5.93. The summed E-state index contributed by atoms with van der Waals surface area (Å²) in [4.78, 5) is 12.6. The molecule has 0 radical (unpaired) electrons. The van der Waals surface area contributed by atoms with Crippen LogP contribution in [0.15, 0.2) is 54.3 Å². The van der Waals surface area contributed by atoms with Crippen LogP contribution in [0.1, 0.15) is 70.8 Å². The molecule has 34 heavy (non-hydrogen) atoms. The quantitative estimate of drug-likeness (QED) is 0.207. The molecule has 3 aliphatic heterocycles. The van der Waals surface area contributed by atoms with Crippen molar-refractivity contribution in [3.8, 4) is 0 Å². The largest absolute Gasteiger partial charge is 0.458 e. The van der Waals surface area contributed by atoms with Crippen molar-refractivity contribution in [2.24, 2.45) is 0 Å². The standard InChI is InChI=1S/C28H39N3O3/c1-4-17-33-27(32)26-21(3)29-28-30-23(18-24-15-16-25(26)31(24)28)14-10-5-7-11-20(2)34-19-22-12-8-6-9-13-22/h4,6,8-9,12-13,20,23-25H,1,5,7,10-11,14-19H2,2-3H3,(H,29,30,32)/p+1/t20-,23-,24+,25+/m1/s1. The molecule has 0 aromatic heterocycles. The van der Waals surface area contributed by atoms with Gasteiger partial charge in [-0.25, -0.2) is 10.1 Å². The highest BCUT2D eigenvalue weighted by atomic mass is 16.5. The molecule has 1 aromatic carbocycles. The van der Waals surface area contributed by atoms with Crippen LogP contribution in [-0.2, 0) is 20.9 Å². The number of hydrogen-bond acceptors (Lipinski definition) is 5. The van der Waals surface area contributed by atoms with Crippen LogP contribution in [0.2, 0.25) is 0 Å². The summed E-state index contributed by atoms with van der Waals surface area (Å²) in [6.45, 7) is 8.75. The monoisotopic (exact) mass is 466 g/mol. The zero-order valence-corrected chi connectivity index (χ0v) is 20.7. The number of unbranched alkanes of at least 4 members (excludes halogenated alkanes) is 2. The van der Waals surface area contributed by atoms with Crippen molar-refractivity contribution in [3.63, 3.8) is 0 Å². The van der Waals surface area contributed by atoms with Crippen LogP contribution in [0, 0.1) is 0 Å². The van der Waals surface area contributed by atoms with Gasteiger partial charge in [0.15, 0.2) is 0 Å². The van der Waals surface area contributed by atoms with E-state index in [1.54, 1.807) is 6.08 Å². The number of rotatable bonds is 12. The van der Waals surface area contributed by atoms with E-state index in [0.29, 0.717) is 24.8 Å². The second-order valence-electron chi connectivity index (χ2n) is 9.88. The average Bonchev–Trinajstić information content (AvgIpc) is 3.26. The lowest BCUT2D eigenvalue weighted by atomic mass is 9.97. The molecule has 0 spiro atoms. The molecule has 1 aromatic rings. The first-order valence-electron chi connectivity index (χ1n) is 12.9. The minimum absolute atomic E-state index is 0.115. The van der Waals surface area contributed by atoms with Crippen molar-refractivity contribution < 1.29 is 18.8 Å². The maximum Gasteiger partial charge on any atom is 0.351 e. The van der Waals surface area contributed by atoms with Crippen LogP contribution >= 0.6 is 0 Å². The average molecular weight is 467 g/mol.